The molecule has 2 N–H and O–H groups in total. The maximum atomic E-state index is 10.9. The minimum atomic E-state index is -0.669. The number of hydrazone groups is 1. The van der Waals surface area contributed by atoms with Crippen molar-refractivity contribution in [3.05, 3.63) is 0 Å². The van der Waals surface area contributed by atoms with E-state index in [0.717, 1.165) is 5.01 Å². The molecule has 0 saturated heterocycles. The van der Waals surface area contributed by atoms with Crippen LogP contribution >= 0.6 is 0 Å². The Bertz CT molecular complexity index is 238. The fourth-order valence-corrected chi connectivity index (χ4v) is 0.875. The Labute approximate surface area is 69.0 Å². The van der Waals surface area contributed by atoms with Gasteiger partial charge in [-0.25, -0.2) is 9.80 Å². The summed E-state index contributed by atoms with van der Waals surface area (Å²) in [6.07, 6.45) is 1.34. The molecule has 0 fully saturated rings. The lowest BCUT2D eigenvalue weighted by molar-refractivity contribution is -0.142. The number of methoxy groups -OCH3 is 1. The number of hydrogen-bond acceptors (Lipinski definition) is 4. The molecule has 0 spiro atoms. The zero-order valence-corrected chi connectivity index (χ0v) is 6.56. The molecule has 0 aliphatic carbocycles. The molecule has 6 nitrogen and oxygen atoms in total. The van der Waals surface area contributed by atoms with Crippen LogP contribution in [0.5, 0.6) is 0 Å². The second-order valence-corrected chi connectivity index (χ2v) is 2.31. The van der Waals surface area contributed by atoms with E-state index in [1.54, 1.807) is 0 Å². The van der Waals surface area contributed by atoms with E-state index in [-0.39, 0.29) is 6.54 Å². The SMILES string of the molecule is COC(=O)C1C=NN(C(N)=O)C1. The monoisotopic (exact) mass is 171 g/mol. The highest BCUT2D eigenvalue weighted by atomic mass is 16.5. The van der Waals surface area contributed by atoms with Crippen molar-refractivity contribution in [2.45, 2.75) is 0 Å². The molecule has 0 aromatic heterocycles. The number of carbonyl (C=O) groups excluding carboxylic acids is 2. The van der Waals surface area contributed by atoms with E-state index in [1.165, 1.54) is 13.3 Å². The van der Waals surface area contributed by atoms with Crippen molar-refractivity contribution in [1.82, 2.24) is 5.01 Å². The maximum Gasteiger partial charge on any atom is 0.335 e. The third-order valence-electron chi connectivity index (χ3n) is 1.51. The van der Waals surface area contributed by atoms with E-state index in [0.29, 0.717) is 0 Å². The Balaban J connectivity index is 2.53. The first kappa shape index (κ1) is 8.51. The lowest BCUT2D eigenvalue weighted by atomic mass is 10.2. The van der Waals surface area contributed by atoms with Gasteiger partial charge >= 0.3 is 12.0 Å². The molecule has 2 amide bonds. The highest BCUT2D eigenvalue weighted by molar-refractivity contribution is 5.92. The van der Waals surface area contributed by atoms with Gasteiger partial charge in [0.15, 0.2) is 0 Å². The fourth-order valence-electron chi connectivity index (χ4n) is 0.875. The largest absolute Gasteiger partial charge is 0.468 e. The second kappa shape index (κ2) is 3.21. The molecule has 12 heavy (non-hydrogen) atoms. The Morgan fingerprint density at radius 2 is 2.42 bits per heavy atom. The molecule has 1 unspecified atom stereocenters. The van der Waals surface area contributed by atoms with E-state index >= 15 is 0 Å². The first-order chi connectivity index (χ1) is 5.65. The molecule has 0 aromatic carbocycles. The first-order valence-electron chi connectivity index (χ1n) is 3.34. The van der Waals surface area contributed by atoms with Crippen LogP contribution in [0.4, 0.5) is 4.79 Å². The van der Waals surface area contributed by atoms with Gasteiger partial charge in [0.25, 0.3) is 0 Å². The van der Waals surface area contributed by atoms with Crippen molar-refractivity contribution >= 4 is 18.2 Å². The van der Waals surface area contributed by atoms with Gasteiger partial charge in [-0.05, 0) is 0 Å². The number of urea groups is 1. The van der Waals surface area contributed by atoms with Crippen molar-refractivity contribution in [2.24, 2.45) is 16.8 Å². The minimum Gasteiger partial charge on any atom is -0.468 e. The lowest BCUT2D eigenvalue weighted by Crippen LogP contribution is -2.33. The highest BCUT2D eigenvalue weighted by Crippen LogP contribution is 2.08. The Morgan fingerprint density at radius 1 is 1.75 bits per heavy atom. The van der Waals surface area contributed by atoms with E-state index in [9.17, 15) is 9.59 Å². The van der Waals surface area contributed by atoms with Crippen molar-refractivity contribution in [2.75, 3.05) is 13.7 Å². The van der Waals surface area contributed by atoms with Crippen LogP contribution < -0.4 is 5.73 Å². The normalized spacial score (nSPS) is 21.1. The summed E-state index contributed by atoms with van der Waals surface area (Å²) in [6, 6.07) is -0.669. The van der Waals surface area contributed by atoms with Crippen LogP contribution in [-0.2, 0) is 9.53 Å². The smallest absolute Gasteiger partial charge is 0.335 e. The quantitative estimate of drug-likeness (QED) is 0.522. The van der Waals surface area contributed by atoms with Gasteiger partial charge in [-0.3, -0.25) is 4.79 Å². The van der Waals surface area contributed by atoms with Crippen molar-refractivity contribution in [3.63, 3.8) is 0 Å². The molecule has 0 radical (unpaired) electrons. The third-order valence-corrected chi connectivity index (χ3v) is 1.51. The van der Waals surface area contributed by atoms with Crippen molar-refractivity contribution in [3.8, 4) is 0 Å². The number of carbonyl (C=O) groups is 2. The van der Waals surface area contributed by atoms with Gasteiger partial charge in [0, 0.05) is 6.21 Å². The summed E-state index contributed by atoms with van der Waals surface area (Å²) in [7, 11) is 1.28. The summed E-state index contributed by atoms with van der Waals surface area (Å²) >= 11 is 0. The van der Waals surface area contributed by atoms with E-state index in [2.05, 4.69) is 9.84 Å². The molecular formula is C6H9N3O3. The molecule has 0 saturated carbocycles. The molecular weight excluding hydrogens is 162 g/mol. The van der Waals surface area contributed by atoms with Gasteiger partial charge in [0.1, 0.15) is 5.92 Å². The van der Waals surface area contributed by atoms with Gasteiger partial charge in [0.05, 0.1) is 13.7 Å². The Morgan fingerprint density at radius 3 is 2.83 bits per heavy atom. The van der Waals surface area contributed by atoms with Crippen LogP contribution in [0.15, 0.2) is 5.10 Å². The number of rotatable bonds is 1. The molecule has 66 valence electrons. The van der Waals surface area contributed by atoms with Gasteiger partial charge in [-0.15, -0.1) is 0 Å². The molecule has 1 aliphatic rings. The lowest BCUT2D eigenvalue weighted by Gasteiger charge is -2.09. The molecule has 1 aliphatic heterocycles. The molecule has 1 rings (SSSR count). The second-order valence-electron chi connectivity index (χ2n) is 2.31. The van der Waals surface area contributed by atoms with Crippen molar-refractivity contribution in [1.29, 1.82) is 0 Å². The Hall–Kier alpha value is -1.59. The summed E-state index contributed by atoms with van der Waals surface area (Å²) in [5, 5.41) is 4.63. The van der Waals surface area contributed by atoms with E-state index in [4.69, 9.17) is 5.73 Å². The summed E-state index contributed by atoms with van der Waals surface area (Å²) in [5.41, 5.74) is 4.92. The van der Waals surface area contributed by atoms with Crippen LogP contribution in [0.25, 0.3) is 0 Å². The highest BCUT2D eigenvalue weighted by Gasteiger charge is 2.27. The number of nitrogens with two attached hydrogens (primary N) is 1. The number of nitrogens with zero attached hydrogens (tertiary/aromatic N) is 2. The van der Waals surface area contributed by atoms with Crippen LogP contribution in [0, 0.1) is 5.92 Å². The number of hydrogen-bond donors (Lipinski definition) is 1. The van der Waals surface area contributed by atoms with Gasteiger partial charge in [0.2, 0.25) is 0 Å². The average Bonchev–Trinajstić information content (AvgIpc) is 2.51. The first-order valence-corrected chi connectivity index (χ1v) is 3.34. The number of amides is 2. The molecule has 6 heteroatoms. The van der Waals surface area contributed by atoms with E-state index in [1.807, 2.05) is 0 Å². The maximum absolute atomic E-state index is 10.9. The molecule has 1 atom stereocenters. The van der Waals surface area contributed by atoms with Crippen LogP contribution in [0.3, 0.4) is 0 Å². The van der Waals surface area contributed by atoms with Gasteiger partial charge in [-0.1, -0.05) is 0 Å². The standard InChI is InChI=1S/C6H9N3O3/c1-12-5(10)4-2-8-9(3-4)6(7)11/h2,4H,3H2,1H3,(H2,7,11). The number of ether oxygens (including phenoxy) is 1. The molecule has 1 heterocycles. The zero-order chi connectivity index (χ0) is 9.14. The predicted octanol–water partition coefficient (Wildman–Crippen LogP) is -0.844. The summed E-state index contributed by atoms with van der Waals surface area (Å²) in [6.45, 7) is 0.169. The predicted molar refractivity (Wildman–Crippen MR) is 40.3 cm³/mol. The third kappa shape index (κ3) is 1.52. The summed E-state index contributed by atoms with van der Waals surface area (Å²) in [5.74, 6) is -0.898. The molecule has 0 aromatic rings. The van der Waals surface area contributed by atoms with Crippen LogP contribution in [-0.4, -0.2) is 36.9 Å². The van der Waals surface area contributed by atoms with Crippen LogP contribution in [0.1, 0.15) is 0 Å². The van der Waals surface area contributed by atoms with Gasteiger partial charge in [-0.2, -0.15) is 5.10 Å². The molecule has 0 bridgehead atoms. The van der Waals surface area contributed by atoms with Crippen LogP contribution in [0.2, 0.25) is 0 Å². The topological polar surface area (TPSA) is 85.0 Å². The van der Waals surface area contributed by atoms with Crippen molar-refractivity contribution < 1.29 is 14.3 Å². The average molecular weight is 171 g/mol. The fraction of sp³-hybridized carbons (Fsp3) is 0.500. The number of esters is 1. The zero-order valence-electron chi connectivity index (χ0n) is 6.56. The summed E-state index contributed by atoms with van der Waals surface area (Å²) < 4.78 is 4.45. The minimum absolute atomic E-state index is 0.169. The van der Waals surface area contributed by atoms with E-state index < -0.39 is 17.9 Å². The number of primary amides is 1. The summed E-state index contributed by atoms with van der Waals surface area (Å²) in [4.78, 5) is 21.4. The van der Waals surface area contributed by atoms with Gasteiger partial charge < -0.3 is 10.5 Å². The Kier molecular flexibility index (Phi) is 2.27.